The van der Waals surface area contributed by atoms with Gasteiger partial charge in [0.05, 0.1) is 6.21 Å². The van der Waals surface area contributed by atoms with Gasteiger partial charge < -0.3 is 4.74 Å². The van der Waals surface area contributed by atoms with Gasteiger partial charge in [-0.1, -0.05) is 30.3 Å². The summed E-state index contributed by atoms with van der Waals surface area (Å²) in [4.78, 5) is 13.1. The molecule has 1 aromatic carbocycles. The number of benzene rings is 1. The van der Waals surface area contributed by atoms with E-state index in [2.05, 4.69) is 10.5 Å². The number of nitrogens with one attached hydrogen (secondary N) is 1. The van der Waals surface area contributed by atoms with Crippen molar-refractivity contribution in [2.75, 3.05) is 7.11 Å². The predicted molar refractivity (Wildman–Crippen MR) is 81.0 cm³/mol. The summed E-state index contributed by atoms with van der Waals surface area (Å²) in [7, 11) is 1.50. The molecule has 0 saturated heterocycles. The molecule has 1 atom stereocenters. The number of nitrogens with zero attached hydrogens (tertiary/aromatic N) is 1. The minimum absolute atomic E-state index is 0.288. The van der Waals surface area contributed by atoms with Gasteiger partial charge in [-0.25, -0.2) is 5.43 Å². The molecule has 5 heteroatoms. The van der Waals surface area contributed by atoms with Crippen LogP contribution in [0.4, 0.5) is 0 Å². The van der Waals surface area contributed by atoms with E-state index in [1.807, 2.05) is 48.7 Å². The predicted octanol–water partition coefficient (Wildman–Crippen LogP) is 2.89. The maximum atomic E-state index is 12.0. The van der Waals surface area contributed by atoms with Gasteiger partial charge in [-0.2, -0.15) is 5.10 Å². The van der Waals surface area contributed by atoms with E-state index in [-0.39, 0.29) is 5.91 Å². The molecule has 0 fully saturated rings. The van der Waals surface area contributed by atoms with Crippen LogP contribution in [0.5, 0.6) is 0 Å². The molecule has 0 saturated carbocycles. The van der Waals surface area contributed by atoms with E-state index < -0.39 is 6.10 Å². The Bertz CT molecular complexity index is 593. The van der Waals surface area contributed by atoms with Crippen LogP contribution in [-0.4, -0.2) is 19.2 Å². The lowest BCUT2D eigenvalue weighted by atomic mass is 10.1. The number of thiophene rings is 1. The Balaban J connectivity index is 2.00. The summed E-state index contributed by atoms with van der Waals surface area (Å²) in [5.74, 6) is -0.288. The molecule has 20 heavy (non-hydrogen) atoms. The average Bonchev–Trinajstić information content (AvgIpc) is 2.86. The molecule has 0 aliphatic carbocycles. The summed E-state index contributed by atoms with van der Waals surface area (Å²) in [6.45, 7) is 2.00. The highest BCUT2D eigenvalue weighted by Gasteiger charge is 2.19. The van der Waals surface area contributed by atoms with Gasteiger partial charge in [-0.05, 0) is 29.5 Å². The lowest BCUT2D eigenvalue weighted by Crippen LogP contribution is -2.26. The second kappa shape index (κ2) is 6.98. The number of carbonyl (C=O) groups is 1. The van der Waals surface area contributed by atoms with Crippen LogP contribution in [0.1, 0.15) is 22.1 Å². The van der Waals surface area contributed by atoms with Crippen molar-refractivity contribution in [3.05, 3.63) is 57.8 Å². The molecular weight excluding hydrogens is 272 g/mol. The molecular formula is C15H16N2O2S. The van der Waals surface area contributed by atoms with Crippen LogP contribution in [0.15, 0.2) is 46.9 Å². The summed E-state index contributed by atoms with van der Waals surface area (Å²) in [6, 6.07) is 11.3. The number of methoxy groups -OCH3 is 1. The smallest absolute Gasteiger partial charge is 0.273 e. The van der Waals surface area contributed by atoms with Crippen LogP contribution in [0.2, 0.25) is 0 Å². The Kier molecular flexibility index (Phi) is 5.03. The van der Waals surface area contributed by atoms with Crippen molar-refractivity contribution in [1.82, 2.24) is 5.43 Å². The standard InChI is InChI=1S/C15H16N2O2S/c1-11-8-9-20-13(11)10-16-17-15(18)14(19-2)12-6-4-3-5-7-12/h3-10,14H,1-2H3,(H,17,18)/b16-10-/t14-/m0/s1. The highest BCUT2D eigenvalue weighted by atomic mass is 32.1. The molecule has 2 rings (SSSR count). The first-order chi connectivity index (χ1) is 9.72. The largest absolute Gasteiger partial charge is 0.367 e. The van der Waals surface area contributed by atoms with Crippen LogP contribution < -0.4 is 5.43 Å². The van der Waals surface area contributed by atoms with Crippen LogP contribution in [0, 0.1) is 6.92 Å². The van der Waals surface area contributed by atoms with Crippen LogP contribution >= 0.6 is 11.3 Å². The van der Waals surface area contributed by atoms with Crippen molar-refractivity contribution in [3.8, 4) is 0 Å². The molecule has 104 valence electrons. The number of amides is 1. The number of carbonyl (C=O) groups excluding carboxylic acids is 1. The molecule has 0 aliphatic heterocycles. The highest BCUT2D eigenvalue weighted by molar-refractivity contribution is 7.11. The van der Waals surface area contributed by atoms with Gasteiger partial charge in [-0.15, -0.1) is 11.3 Å². The number of rotatable bonds is 5. The minimum atomic E-state index is -0.655. The topological polar surface area (TPSA) is 50.7 Å². The van der Waals surface area contributed by atoms with E-state index in [1.54, 1.807) is 17.6 Å². The Morgan fingerprint density at radius 2 is 2.10 bits per heavy atom. The second-order valence-electron chi connectivity index (χ2n) is 4.23. The van der Waals surface area contributed by atoms with E-state index in [4.69, 9.17) is 4.74 Å². The lowest BCUT2D eigenvalue weighted by molar-refractivity contribution is -0.131. The molecule has 2 aromatic rings. The van der Waals surface area contributed by atoms with Gasteiger partial charge in [0, 0.05) is 12.0 Å². The van der Waals surface area contributed by atoms with Crippen LogP contribution in [-0.2, 0) is 9.53 Å². The summed E-state index contributed by atoms with van der Waals surface area (Å²) in [5.41, 5.74) is 4.45. The van der Waals surface area contributed by atoms with Crippen molar-refractivity contribution >= 4 is 23.5 Å². The van der Waals surface area contributed by atoms with Gasteiger partial charge in [0.2, 0.25) is 0 Å². The van der Waals surface area contributed by atoms with Crippen molar-refractivity contribution in [2.24, 2.45) is 5.10 Å². The Morgan fingerprint density at radius 3 is 2.70 bits per heavy atom. The first kappa shape index (κ1) is 14.4. The monoisotopic (exact) mass is 288 g/mol. The molecule has 1 aromatic heterocycles. The number of aryl methyl sites for hydroxylation is 1. The van der Waals surface area contributed by atoms with Crippen LogP contribution in [0.3, 0.4) is 0 Å². The van der Waals surface area contributed by atoms with E-state index in [0.29, 0.717) is 0 Å². The lowest BCUT2D eigenvalue weighted by Gasteiger charge is -2.13. The third kappa shape index (κ3) is 3.53. The average molecular weight is 288 g/mol. The molecule has 0 unspecified atom stereocenters. The first-order valence-electron chi connectivity index (χ1n) is 6.17. The Hall–Kier alpha value is -1.98. The Labute approximate surface area is 122 Å². The molecule has 0 bridgehead atoms. The molecule has 0 spiro atoms. The SMILES string of the molecule is CO[C@H](C(=O)N/N=C\c1sccc1C)c1ccccc1. The molecule has 1 heterocycles. The maximum Gasteiger partial charge on any atom is 0.273 e. The first-order valence-corrected chi connectivity index (χ1v) is 7.05. The molecule has 1 amide bonds. The fraction of sp³-hybridized carbons (Fsp3) is 0.200. The zero-order valence-electron chi connectivity index (χ0n) is 11.4. The third-order valence-corrected chi connectivity index (χ3v) is 3.79. The number of hydrazone groups is 1. The van der Waals surface area contributed by atoms with Crippen LogP contribution in [0.25, 0.3) is 0 Å². The van der Waals surface area contributed by atoms with Crippen molar-refractivity contribution in [1.29, 1.82) is 0 Å². The van der Waals surface area contributed by atoms with Crippen molar-refractivity contribution in [3.63, 3.8) is 0 Å². The molecule has 1 N–H and O–H groups in total. The van der Waals surface area contributed by atoms with E-state index in [0.717, 1.165) is 16.0 Å². The summed E-state index contributed by atoms with van der Waals surface area (Å²) < 4.78 is 5.23. The Morgan fingerprint density at radius 1 is 1.35 bits per heavy atom. The van der Waals surface area contributed by atoms with E-state index >= 15 is 0 Å². The van der Waals surface area contributed by atoms with Gasteiger partial charge in [0.25, 0.3) is 5.91 Å². The number of hydrogen-bond donors (Lipinski definition) is 1. The van der Waals surface area contributed by atoms with E-state index in [9.17, 15) is 4.79 Å². The van der Waals surface area contributed by atoms with Gasteiger partial charge in [0.1, 0.15) is 0 Å². The van der Waals surface area contributed by atoms with Crippen molar-refractivity contribution in [2.45, 2.75) is 13.0 Å². The van der Waals surface area contributed by atoms with E-state index in [1.165, 1.54) is 7.11 Å². The molecule has 4 nitrogen and oxygen atoms in total. The second-order valence-corrected chi connectivity index (χ2v) is 5.18. The summed E-state index contributed by atoms with van der Waals surface area (Å²) in [6.07, 6.45) is 0.994. The zero-order valence-corrected chi connectivity index (χ0v) is 12.2. The van der Waals surface area contributed by atoms with Gasteiger partial charge in [0.15, 0.2) is 6.10 Å². The number of hydrogen-bond acceptors (Lipinski definition) is 4. The quantitative estimate of drug-likeness (QED) is 0.679. The zero-order chi connectivity index (χ0) is 14.4. The highest BCUT2D eigenvalue weighted by Crippen LogP contribution is 2.16. The fourth-order valence-electron chi connectivity index (χ4n) is 1.75. The maximum absolute atomic E-state index is 12.0. The third-order valence-electron chi connectivity index (χ3n) is 2.83. The summed E-state index contributed by atoms with van der Waals surface area (Å²) >= 11 is 1.58. The van der Waals surface area contributed by atoms with Gasteiger partial charge in [-0.3, -0.25) is 4.79 Å². The van der Waals surface area contributed by atoms with Crippen molar-refractivity contribution < 1.29 is 9.53 Å². The fourth-order valence-corrected chi connectivity index (χ4v) is 2.54. The normalized spacial score (nSPS) is 12.5. The molecule has 0 aliphatic rings. The minimum Gasteiger partial charge on any atom is -0.367 e. The number of ether oxygens (including phenoxy) is 1. The van der Waals surface area contributed by atoms with Gasteiger partial charge >= 0.3 is 0 Å². The summed E-state index contributed by atoms with van der Waals surface area (Å²) in [5, 5.41) is 5.96. The molecule has 0 radical (unpaired) electrons.